The van der Waals surface area contributed by atoms with Crippen LogP contribution in [0, 0.1) is 0 Å². The van der Waals surface area contributed by atoms with Crippen molar-refractivity contribution in [3.8, 4) is 16.9 Å². The average Bonchev–Trinajstić information content (AvgIpc) is 2.79. The van der Waals surface area contributed by atoms with Gasteiger partial charge in [0.05, 0.1) is 12.7 Å². The quantitative estimate of drug-likeness (QED) is 0.426. The summed E-state index contributed by atoms with van der Waals surface area (Å²) < 4.78 is 5.43. The lowest BCUT2D eigenvalue weighted by atomic mass is 10.0. The molecule has 0 aliphatic heterocycles. The van der Waals surface area contributed by atoms with Gasteiger partial charge in [-0.2, -0.15) is 0 Å². The van der Waals surface area contributed by atoms with Crippen LogP contribution in [0.1, 0.15) is 10.4 Å². The van der Waals surface area contributed by atoms with Crippen LogP contribution in [-0.2, 0) is 0 Å². The van der Waals surface area contributed by atoms with E-state index in [4.69, 9.17) is 17.0 Å². The largest absolute Gasteiger partial charge is 0.496 e. The lowest BCUT2D eigenvalue weighted by Crippen LogP contribution is -2.34. The first kappa shape index (κ1) is 19.6. The monoisotopic (exact) mass is 412 g/mol. The van der Waals surface area contributed by atoms with E-state index in [1.165, 1.54) is 0 Å². The van der Waals surface area contributed by atoms with Gasteiger partial charge in [0.1, 0.15) is 5.75 Å². The molecule has 0 radical (unpaired) electrons. The van der Waals surface area contributed by atoms with Gasteiger partial charge in [-0.15, -0.1) is 0 Å². The van der Waals surface area contributed by atoms with Gasteiger partial charge in [-0.1, -0.05) is 72.8 Å². The van der Waals surface area contributed by atoms with Crippen LogP contribution in [0.4, 0.5) is 5.69 Å². The van der Waals surface area contributed by atoms with E-state index in [1.807, 2.05) is 91.0 Å². The normalized spacial score (nSPS) is 10.4. The maximum absolute atomic E-state index is 12.9. The third kappa shape index (κ3) is 4.16. The van der Waals surface area contributed by atoms with Gasteiger partial charge in [-0.05, 0) is 46.8 Å². The zero-order valence-corrected chi connectivity index (χ0v) is 17.2. The summed E-state index contributed by atoms with van der Waals surface area (Å²) in [5.41, 5.74) is 3.31. The molecule has 1 amide bonds. The molecule has 5 heteroatoms. The maximum atomic E-state index is 12.9. The summed E-state index contributed by atoms with van der Waals surface area (Å²) in [4.78, 5) is 12.9. The number of anilines is 1. The number of thiocarbonyl (C=S) groups is 1. The Morgan fingerprint density at radius 2 is 1.47 bits per heavy atom. The number of methoxy groups -OCH3 is 1. The summed E-state index contributed by atoms with van der Waals surface area (Å²) in [6.07, 6.45) is 0. The molecular formula is C25H20N2O2S. The smallest absolute Gasteiger partial charge is 0.261 e. The van der Waals surface area contributed by atoms with Gasteiger partial charge >= 0.3 is 0 Å². The first-order valence-corrected chi connectivity index (χ1v) is 9.90. The number of carbonyl (C=O) groups is 1. The lowest BCUT2D eigenvalue weighted by Gasteiger charge is -2.15. The van der Waals surface area contributed by atoms with E-state index in [-0.39, 0.29) is 11.0 Å². The van der Waals surface area contributed by atoms with Crippen LogP contribution in [0.25, 0.3) is 21.9 Å². The van der Waals surface area contributed by atoms with E-state index >= 15 is 0 Å². The number of hydrogen-bond acceptors (Lipinski definition) is 3. The van der Waals surface area contributed by atoms with E-state index in [0.717, 1.165) is 27.6 Å². The first-order valence-electron chi connectivity index (χ1n) is 9.49. The zero-order valence-electron chi connectivity index (χ0n) is 16.4. The van der Waals surface area contributed by atoms with Crippen molar-refractivity contribution in [3.05, 3.63) is 96.6 Å². The molecule has 0 saturated carbocycles. The topological polar surface area (TPSA) is 50.4 Å². The predicted octanol–water partition coefficient (Wildman–Crippen LogP) is 5.64. The van der Waals surface area contributed by atoms with E-state index in [2.05, 4.69) is 10.6 Å². The Hall–Kier alpha value is -3.70. The molecule has 0 aliphatic carbocycles. The number of ether oxygens (including phenoxy) is 1. The summed E-state index contributed by atoms with van der Waals surface area (Å²) in [5, 5.41) is 8.09. The van der Waals surface area contributed by atoms with Crippen LogP contribution in [0.2, 0.25) is 0 Å². The minimum Gasteiger partial charge on any atom is -0.496 e. The molecule has 0 aromatic heterocycles. The SMILES string of the molecule is COc1cc2ccccc2cc1C(=O)NC(=S)Nc1ccccc1-c1ccccc1. The zero-order chi connectivity index (χ0) is 20.9. The Kier molecular flexibility index (Phi) is 5.72. The number of nitrogens with one attached hydrogen (secondary N) is 2. The summed E-state index contributed by atoms with van der Waals surface area (Å²) >= 11 is 5.41. The lowest BCUT2D eigenvalue weighted by molar-refractivity contribution is 0.0975. The van der Waals surface area contributed by atoms with Crippen LogP contribution in [0.3, 0.4) is 0 Å². The van der Waals surface area contributed by atoms with E-state index in [1.54, 1.807) is 7.11 Å². The number of hydrogen-bond donors (Lipinski definition) is 2. The van der Waals surface area contributed by atoms with Crippen molar-refractivity contribution in [2.75, 3.05) is 12.4 Å². The highest BCUT2D eigenvalue weighted by Crippen LogP contribution is 2.28. The molecule has 4 aromatic carbocycles. The molecule has 0 atom stereocenters. The second-order valence-corrected chi connectivity index (χ2v) is 7.13. The van der Waals surface area contributed by atoms with E-state index < -0.39 is 0 Å². The summed E-state index contributed by atoms with van der Waals surface area (Å²) in [6, 6.07) is 29.3. The maximum Gasteiger partial charge on any atom is 0.261 e. The summed E-state index contributed by atoms with van der Waals surface area (Å²) in [7, 11) is 1.55. The molecule has 4 aromatic rings. The fraction of sp³-hybridized carbons (Fsp3) is 0.0400. The van der Waals surface area contributed by atoms with Crippen LogP contribution in [0.15, 0.2) is 91.0 Å². The highest BCUT2D eigenvalue weighted by atomic mass is 32.1. The average molecular weight is 413 g/mol. The molecule has 2 N–H and O–H groups in total. The highest BCUT2D eigenvalue weighted by molar-refractivity contribution is 7.80. The Balaban J connectivity index is 1.56. The Morgan fingerprint density at radius 3 is 2.20 bits per heavy atom. The number of rotatable bonds is 4. The van der Waals surface area contributed by atoms with Crippen molar-refractivity contribution in [1.82, 2.24) is 5.32 Å². The third-order valence-electron chi connectivity index (χ3n) is 4.80. The minimum absolute atomic E-state index is 0.221. The van der Waals surface area contributed by atoms with Crippen molar-refractivity contribution < 1.29 is 9.53 Å². The molecular weight excluding hydrogens is 392 g/mol. The molecule has 4 rings (SSSR count). The van der Waals surface area contributed by atoms with Crippen molar-refractivity contribution in [2.24, 2.45) is 0 Å². The first-order chi connectivity index (χ1) is 14.7. The number of carbonyl (C=O) groups excluding carboxylic acids is 1. The van der Waals surface area contributed by atoms with Crippen molar-refractivity contribution in [2.45, 2.75) is 0 Å². The number of amides is 1. The number of fused-ring (bicyclic) bond motifs is 1. The summed E-state index contributed by atoms with van der Waals surface area (Å²) in [6.45, 7) is 0. The number of benzene rings is 4. The van der Waals surface area contributed by atoms with Gasteiger partial charge in [0.25, 0.3) is 5.91 Å². The second kappa shape index (κ2) is 8.76. The van der Waals surface area contributed by atoms with Crippen LogP contribution < -0.4 is 15.4 Å². The van der Waals surface area contributed by atoms with Crippen LogP contribution in [-0.4, -0.2) is 18.1 Å². The van der Waals surface area contributed by atoms with Gasteiger partial charge in [0.15, 0.2) is 5.11 Å². The second-order valence-electron chi connectivity index (χ2n) is 6.72. The van der Waals surface area contributed by atoms with E-state index in [9.17, 15) is 4.79 Å². The molecule has 0 unspecified atom stereocenters. The van der Waals surface area contributed by atoms with Crippen LogP contribution in [0.5, 0.6) is 5.75 Å². The van der Waals surface area contributed by atoms with Crippen LogP contribution >= 0.6 is 12.2 Å². The molecule has 30 heavy (non-hydrogen) atoms. The van der Waals surface area contributed by atoms with E-state index in [0.29, 0.717) is 11.3 Å². The molecule has 148 valence electrons. The van der Waals surface area contributed by atoms with Gasteiger partial charge < -0.3 is 10.1 Å². The van der Waals surface area contributed by atoms with Crippen molar-refractivity contribution in [3.63, 3.8) is 0 Å². The Morgan fingerprint density at radius 1 is 0.833 bits per heavy atom. The summed E-state index contributed by atoms with van der Waals surface area (Å²) in [5.74, 6) is 0.172. The van der Waals surface area contributed by atoms with Crippen molar-refractivity contribution in [1.29, 1.82) is 0 Å². The minimum atomic E-state index is -0.327. The van der Waals surface area contributed by atoms with Gasteiger partial charge in [-0.3, -0.25) is 10.1 Å². The molecule has 0 bridgehead atoms. The number of para-hydroxylation sites is 1. The fourth-order valence-electron chi connectivity index (χ4n) is 3.35. The molecule has 0 aliphatic rings. The molecule has 0 heterocycles. The van der Waals surface area contributed by atoms with Gasteiger partial charge in [0.2, 0.25) is 0 Å². The molecule has 4 nitrogen and oxygen atoms in total. The van der Waals surface area contributed by atoms with Gasteiger partial charge in [0, 0.05) is 11.3 Å². The van der Waals surface area contributed by atoms with Gasteiger partial charge in [-0.25, -0.2) is 0 Å². The third-order valence-corrected chi connectivity index (χ3v) is 5.00. The molecule has 0 fully saturated rings. The molecule has 0 spiro atoms. The van der Waals surface area contributed by atoms with Crippen molar-refractivity contribution >= 4 is 39.7 Å². The Labute approximate surface area is 180 Å². The standard InChI is InChI=1S/C25H20N2O2S/c1-29-23-16-19-12-6-5-11-18(19)15-21(23)24(28)27-25(30)26-22-14-8-7-13-20(22)17-9-3-2-4-10-17/h2-16H,1H3,(H2,26,27,28,30). The highest BCUT2D eigenvalue weighted by Gasteiger charge is 2.15. The molecule has 0 saturated heterocycles. The Bertz CT molecular complexity index is 1220. The fourth-order valence-corrected chi connectivity index (χ4v) is 3.55. The predicted molar refractivity (Wildman–Crippen MR) is 126 cm³/mol.